The largest absolute Gasteiger partial charge is 0.494 e. The van der Waals surface area contributed by atoms with Crippen LogP contribution in [0.2, 0.25) is 0 Å². The predicted octanol–water partition coefficient (Wildman–Crippen LogP) is 1.93. The molecule has 2 rings (SSSR count). The van der Waals surface area contributed by atoms with E-state index in [-0.39, 0.29) is 12.5 Å². The number of nitrogens with one attached hydrogen (secondary N) is 2. The van der Waals surface area contributed by atoms with E-state index in [0.29, 0.717) is 17.9 Å². The van der Waals surface area contributed by atoms with E-state index in [9.17, 15) is 9.59 Å². The fourth-order valence-electron chi connectivity index (χ4n) is 1.77. The molecular formula is C17H18N2O4. The molecule has 6 nitrogen and oxygen atoms in total. The average Bonchev–Trinajstić information content (AvgIpc) is 2.60. The van der Waals surface area contributed by atoms with Gasteiger partial charge in [0, 0.05) is 5.56 Å². The van der Waals surface area contributed by atoms with E-state index in [4.69, 9.17) is 9.47 Å². The molecule has 0 radical (unpaired) electrons. The van der Waals surface area contributed by atoms with Gasteiger partial charge in [-0.3, -0.25) is 20.4 Å². The van der Waals surface area contributed by atoms with Crippen LogP contribution in [-0.4, -0.2) is 25.0 Å². The zero-order chi connectivity index (χ0) is 16.5. The first-order valence-electron chi connectivity index (χ1n) is 7.19. The van der Waals surface area contributed by atoms with Crippen LogP contribution in [0.15, 0.2) is 54.6 Å². The Balaban J connectivity index is 1.73. The van der Waals surface area contributed by atoms with Crippen molar-refractivity contribution >= 4 is 11.8 Å². The monoisotopic (exact) mass is 314 g/mol. The van der Waals surface area contributed by atoms with E-state index in [1.165, 1.54) is 0 Å². The number of carbonyl (C=O) groups excluding carboxylic acids is 2. The average molecular weight is 314 g/mol. The molecule has 0 unspecified atom stereocenters. The maximum atomic E-state index is 11.7. The maximum Gasteiger partial charge on any atom is 0.276 e. The quantitative estimate of drug-likeness (QED) is 0.799. The Morgan fingerprint density at radius 2 is 1.48 bits per heavy atom. The Bertz CT molecular complexity index is 641. The molecule has 0 saturated heterocycles. The fourth-order valence-corrected chi connectivity index (χ4v) is 1.77. The van der Waals surface area contributed by atoms with Gasteiger partial charge in [-0.15, -0.1) is 0 Å². The molecule has 0 fully saturated rings. The summed E-state index contributed by atoms with van der Waals surface area (Å²) in [7, 11) is 0. The molecule has 0 aliphatic heterocycles. The molecule has 0 spiro atoms. The minimum Gasteiger partial charge on any atom is -0.494 e. The van der Waals surface area contributed by atoms with Gasteiger partial charge in [-0.05, 0) is 43.3 Å². The van der Waals surface area contributed by atoms with Crippen LogP contribution in [-0.2, 0) is 4.79 Å². The van der Waals surface area contributed by atoms with Crippen LogP contribution in [0.5, 0.6) is 11.5 Å². The van der Waals surface area contributed by atoms with Crippen molar-refractivity contribution in [3.8, 4) is 11.5 Å². The van der Waals surface area contributed by atoms with Crippen LogP contribution in [0.1, 0.15) is 17.3 Å². The van der Waals surface area contributed by atoms with Crippen molar-refractivity contribution in [2.45, 2.75) is 6.92 Å². The smallest absolute Gasteiger partial charge is 0.276 e. The number of carbonyl (C=O) groups is 2. The number of ether oxygens (including phenoxy) is 2. The van der Waals surface area contributed by atoms with Crippen molar-refractivity contribution in [2.24, 2.45) is 0 Å². The number of hydrogen-bond donors (Lipinski definition) is 2. The minimum atomic E-state index is -0.455. The molecule has 0 aliphatic rings. The van der Waals surface area contributed by atoms with Gasteiger partial charge in [0.1, 0.15) is 11.5 Å². The Labute approximate surface area is 134 Å². The third-order valence-corrected chi connectivity index (χ3v) is 2.86. The highest BCUT2D eigenvalue weighted by Crippen LogP contribution is 2.17. The van der Waals surface area contributed by atoms with E-state index in [1.807, 2.05) is 6.92 Å². The Kier molecular flexibility index (Phi) is 5.99. The maximum absolute atomic E-state index is 11.7. The summed E-state index contributed by atoms with van der Waals surface area (Å²) in [5, 5.41) is 0. The number of hydrazine groups is 1. The van der Waals surface area contributed by atoms with Crippen LogP contribution < -0.4 is 20.3 Å². The van der Waals surface area contributed by atoms with Crippen molar-refractivity contribution < 1.29 is 19.1 Å². The molecule has 6 heteroatoms. The Morgan fingerprint density at radius 3 is 2.09 bits per heavy atom. The van der Waals surface area contributed by atoms with Gasteiger partial charge >= 0.3 is 0 Å². The molecule has 0 saturated carbocycles. The number of benzene rings is 2. The first-order chi connectivity index (χ1) is 11.2. The minimum absolute atomic E-state index is 0.205. The van der Waals surface area contributed by atoms with Crippen molar-refractivity contribution in [3.05, 3.63) is 60.2 Å². The lowest BCUT2D eigenvalue weighted by atomic mass is 10.2. The fraction of sp³-hybridized carbons (Fsp3) is 0.176. The molecule has 2 aromatic carbocycles. The summed E-state index contributed by atoms with van der Waals surface area (Å²) in [6.07, 6.45) is 0. The summed E-state index contributed by atoms with van der Waals surface area (Å²) in [6, 6.07) is 15.5. The van der Waals surface area contributed by atoms with Crippen LogP contribution in [0, 0.1) is 0 Å². The highest BCUT2D eigenvalue weighted by Gasteiger charge is 2.07. The Hall–Kier alpha value is -3.02. The molecule has 0 bridgehead atoms. The summed E-state index contributed by atoms with van der Waals surface area (Å²) in [4.78, 5) is 23.4. The number of amides is 2. The first-order valence-corrected chi connectivity index (χ1v) is 7.19. The lowest BCUT2D eigenvalue weighted by Gasteiger charge is -2.09. The summed E-state index contributed by atoms with van der Waals surface area (Å²) in [5.74, 6) is 0.431. The van der Waals surface area contributed by atoms with Crippen LogP contribution in [0.3, 0.4) is 0 Å². The number of hydrogen-bond acceptors (Lipinski definition) is 4. The molecule has 0 heterocycles. The highest BCUT2D eigenvalue weighted by molar-refractivity contribution is 5.95. The summed E-state index contributed by atoms with van der Waals surface area (Å²) in [6.45, 7) is 2.28. The van der Waals surface area contributed by atoms with Gasteiger partial charge in [-0.2, -0.15) is 0 Å². The molecule has 120 valence electrons. The normalized spacial score (nSPS) is 9.78. The summed E-state index contributed by atoms with van der Waals surface area (Å²) >= 11 is 0. The van der Waals surface area contributed by atoms with E-state index in [0.717, 1.165) is 5.75 Å². The topological polar surface area (TPSA) is 76.7 Å². The Morgan fingerprint density at radius 1 is 0.870 bits per heavy atom. The molecule has 0 atom stereocenters. The van der Waals surface area contributed by atoms with Gasteiger partial charge in [-0.1, -0.05) is 18.2 Å². The second kappa shape index (κ2) is 8.43. The lowest BCUT2D eigenvalue weighted by molar-refractivity contribution is -0.123. The van der Waals surface area contributed by atoms with Crippen LogP contribution in [0.4, 0.5) is 0 Å². The number of rotatable bonds is 6. The summed E-state index contributed by atoms with van der Waals surface area (Å²) < 4.78 is 10.6. The predicted molar refractivity (Wildman–Crippen MR) is 85.2 cm³/mol. The van der Waals surface area contributed by atoms with Crippen molar-refractivity contribution in [1.29, 1.82) is 0 Å². The van der Waals surface area contributed by atoms with Crippen LogP contribution >= 0.6 is 0 Å². The van der Waals surface area contributed by atoms with Gasteiger partial charge in [0.15, 0.2) is 6.61 Å². The van der Waals surface area contributed by atoms with Crippen molar-refractivity contribution in [1.82, 2.24) is 10.9 Å². The highest BCUT2D eigenvalue weighted by atomic mass is 16.5. The molecular weight excluding hydrogens is 296 g/mol. The first kappa shape index (κ1) is 16.4. The zero-order valence-corrected chi connectivity index (χ0v) is 12.7. The third kappa shape index (κ3) is 5.35. The molecule has 0 aromatic heterocycles. The van der Waals surface area contributed by atoms with Crippen molar-refractivity contribution in [3.63, 3.8) is 0 Å². The second-order valence-corrected chi connectivity index (χ2v) is 4.56. The lowest BCUT2D eigenvalue weighted by Crippen LogP contribution is -2.43. The molecule has 23 heavy (non-hydrogen) atoms. The molecule has 2 N–H and O–H groups in total. The SMILES string of the molecule is CCOc1ccc(OCC(=O)NNC(=O)c2ccccc2)cc1. The van der Waals surface area contributed by atoms with Crippen LogP contribution in [0.25, 0.3) is 0 Å². The molecule has 2 amide bonds. The van der Waals surface area contributed by atoms with E-state index in [2.05, 4.69) is 10.9 Å². The van der Waals surface area contributed by atoms with Crippen molar-refractivity contribution in [2.75, 3.05) is 13.2 Å². The standard InChI is InChI=1S/C17H18N2O4/c1-2-22-14-8-10-15(11-9-14)23-12-16(20)18-19-17(21)13-6-4-3-5-7-13/h3-11H,2,12H2,1H3,(H,18,20)(H,19,21). The van der Waals surface area contributed by atoms with Gasteiger partial charge in [0.2, 0.25) is 0 Å². The van der Waals surface area contributed by atoms with Gasteiger partial charge in [0.25, 0.3) is 11.8 Å². The second-order valence-electron chi connectivity index (χ2n) is 4.56. The van der Waals surface area contributed by atoms with Gasteiger partial charge < -0.3 is 9.47 Å². The van der Waals surface area contributed by atoms with Gasteiger partial charge in [0.05, 0.1) is 6.61 Å². The van der Waals surface area contributed by atoms with Gasteiger partial charge in [-0.25, -0.2) is 0 Å². The van der Waals surface area contributed by atoms with E-state index >= 15 is 0 Å². The molecule has 0 aliphatic carbocycles. The summed E-state index contributed by atoms with van der Waals surface area (Å²) in [5.41, 5.74) is 5.08. The molecule has 2 aromatic rings. The van der Waals surface area contributed by atoms with E-state index in [1.54, 1.807) is 54.6 Å². The zero-order valence-electron chi connectivity index (χ0n) is 12.7. The third-order valence-electron chi connectivity index (χ3n) is 2.86. The van der Waals surface area contributed by atoms with E-state index < -0.39 is 5.91 Å².